The lowest BCUT2D eigenvalue weighted by atomic mass is 9.94. The Morgan fingerprint density at radius 2 is 1.77 bits per heavy atom. The summed E-state index contributed by atoms with van der Waals surface area (Å²) in [6, 6.07) is 15.8. The molecular formula is C20H23FN2O2S. The molecule has 3 heterocycles. The van der Waals surface area contributed by atoms with Gasteiger partial charge in [-0.2, -0.15) is 4.31 Å². The van der Waals surface area contributed by atoms with E-state index in [0.717, 1.165) is 32.0 Å². The largest absolute Gasteiger partial charge is 0.294 e. The van der Waals surface area contributed by atoms with Gasteiger partial charge < -0.3 is 0 Å². The summed E-state index contributed by atoms with van der Waals surface area (Å²) in [7, 11) is -3.66. The lowest BCUT2D eigenvalue weighted by Crippen LogP contribution is -2.43. The van der Waals surface area contributed by atoms with Crippen molar-refractivity contribution in [1.29, 1.82) is 0 Å². The van der Waals surface area contributed by atoms with E-state index in [-0.39, 0.29) is 10.9 Å². The lowest BCUT2D eigenvalue weighted by molar-refractivity contribution is 0.125. The van der Waals surface area contributed by atoms with E-state index in [2.05, 4.69) is 17.0 Å². The first-order chi connectivity index (χ1) is 12.5. The van der Waals surface area contributed by atoms with Crippen molar-refractivity contribution in [3.8, 4) is 0 Å². The predicted octanol–water partition coefficient (Wildman–Crippen LogP) is 3.11. The zero-order valence-electron chi connectivity index (χ0n) is 14.6. The molecule has 2 aromatic carbocycles. The quantitative estimate of drug-likeness (QED) is 0.826. The Morgan fingerprint density at radius 3 is 2.54 bits per heavy atom. The third-order valence-corrected chi connectivity index (χ3v) is 7.28. The Kier molecular flexibility index (Phi) is 4.82. The van der Waals surface area contributed by atoms with Crippen LogP contribution in [0.15, 0.2) is 59.5 Å². The summed E-state index contributed by atoms with van der Waals surface area (Å²) in [5.41, 5.74) is 1.25. The van der Waals surface area contributed by atoms with Gasteiger partial charge in [0.1, 0.15) is 5.82 Å². The minimum Gasteiger partial charge on any atom is -0.294 e. The Bertz CT molecular complexity index is 872. The highest BCUT2D eigenvalue weighted by Crippen LogP contribution is 2.32. The lowest BCUT2D eigenvalue weighted by Gasteiger charge is -2.36. The summed E-state index contributed by atoms with van der Waals surface area (Å²) < 4.78 is 41.1. The first-order valence-electron chi connectivity index (χ1n) is 9.06. The van der Waals surface area contributed by atoms with Crippen molar-refractivity contribution >= 4 is 10.0 Å². The molecule has 6 heteroatoms. The average molecular weight is 374 g/mol. The van der Waals surface area contributed by atoms with Crippen LogP contribution in [-0.4, -0.2) is 43.3 Å². The third-order valence-electron chi connectivity index (χ3n) is 5.46. The van der Waals surface area contributed by atoms with Gasteiger partial charge in [-0.3, -0.25) is 4.90 Å². The van der Waals surface area contributed by atoms with Gasteiger partial charge in [0.25, 0.3) is 0 Å². The zero-order valence-corrected chi connectivity index (χ0v) is 15.4. The minimum absolute atomic E-state index is 0.0495. The predicted molar refractivity (Wildman–Crippen MR) is 98.5 cm³/mol. The number of hydrogen-bond donors (Lipinski definition) is 0. The van der Waals surface area contributed by atoms with Crippen molar-refractivity contribution in [2.75, 3.05) is 19.6 Å². The third kappa shape index (κ3) is 3.54. The van der Waals surface area contributed by atoms with E-state index in [1.54, 1.807) is 4.31 Å². The van der Waals surface area contributed by atoms with Crippen LogP contribution in [0.5, 0.6) is 0 Å². The standard InChI is InChI=1S/C20H23FN2O2S/c21-18-7-4-8-20(11-18)26(24,25)23-14-17-9-10-19(15-23)22(13-17)12-16-5-2-1-3-6-16/h1-8,11,17,19H,9-10,12-15H2/t17-,19-/m1/s1. The smallest absolute Gasteiger partial charge is 0.243 e. The van der Waals surface area contributed by atoms with Crippen molar-refractivity contribution in [3.05, 3.63) is 66.0 Å². The second-order valence-electron chi connectivity index (χ2n) is 7.29. The molecule has 3 saturated heterocycles. The molecule has 3 aliphatic heterocycles. The van der Waals surface area contributed by atoms with Gasteiger partial charge in [-0.15, -0.1) is 0 Å². The zero-order chi connectivity index (χ0) is 18.1. The van der Waals surface area contributed by atoms with Crippen molar-refractivity contribution in [3.63, 3.8) is 0 Å². The average Bonchev–Trinajstić information content (AvgIpc) is 2.95. The minimum atomic E-state index is -3.66. The fourth-order valence-electron chi connectivity index (χ4n) is 4.12. The van der Waals surface area contributed by atoms with E-state index >= 15 is 0 Å². The molecule has 138 valence electrons. The summed E-state index contributed by atoms with van der Waals surface area (Å²) in [4.78, 5) is 2.46. The molecule has 0 radical (unpaired) electrons. The molecular weight excluding hydrogens is 351 g/mol. The molecule has 5 rings (SSSR count). The second kappa shape index (κ2) is 7.10. The second-order valence-corrected chi connectivity index (χ2v) is 9.23. The first kappa shape index (κ1) is 17.6. The number of sulfonamides is 1. The van der Waals surface area contributed by atoms with Crippen LogP contribution in [0.3, 0.4) is 0 Å². The maximum atomic E-state index is 13.5. The van der Waals surface area contributed by atoms with E-state index in [1.807, 2.05) is 18.2 Å². The van der Waals surface area contributed by atoms with Crippen molar-refractivity contribution in [2.45, 2.75) is 30.3 Å². The first-order valence-corrected chi connectivity index (χ1v) is 10.5. The Labute approximate surface area is 154 Å². The fourth-order valence-corrected chi connectivity index (χ4v) is 5.71. The molecule has 0 saturated carbocycles. The van der Waals surface area contributed by atoms with Crippen LogP contribution in [0.25, 0.3) is 0 Å². The van der Waals surface area contributed by atoms with Gasteiger partial charge in [-0.05, 0) is 42.5 Å². The number of rotatable bonds is 4. The number of halogens is 1. The molecule has 0 aliphatic carbocycles. The fraction of sp³-hybridized carbons (Fsp3) is 0.400. The Balaban J connectivity index is 1.56. The van der Waals surface area contributed by atoms with Crippen LogP contribution in [-0.2, 0) is 16.6 Å². The molecule has 2 bridgehead atoms. The van der Waals surface area contributed by atoms with Crippen LogP contribution in [0.4, 0.5) is 4.39 Å². The number of hydrogen-bond acceptors (Lipinski definition) is 3. The summed E-state index contributed by atoms with van der Waals surface area (Å²) >= 11 is 0. The molecule has 0 N–H and O–H groups in total. The molecule has 2 atom stereocenters. The van der Waals surface area contributed by atoms with Gasteiger partial charge in [-0.25, -0.2) is 12.8 Å². The Hall–Kier alpha value is -1.76. The molecule has 2 aromatic rings. The highest BCUT2D eigenvalue weighted by Gasteiger charge is 2.39. The van der Waals surface area contributed by atoms with Gasteiger partial charge in [0.05, 0.1) is 4.90 Å². The summed E-state index contributed by atoms with van der Waals surface area (Å²) in [5.74, 6) is -0.199. The number of piperidine rings is 1. The van der Waals surface area contributed by atoms with Crippen LogP contribution >= 0.6 is 0 Å². The normalized spacial score (nSPS) is 24.5. The molecule has 26 heavy (non-hydrogen) atoms. The summed E-state index contributed by atoms with van der Waals surface area (Å²) in [6.45, 7) is 2.74. The molecule has 3 aliphatic rings. The maximum absolute atomic E-state index is 13.5. The van der Waals surface area contributed by atoms with E-state index < -0.39 is 15.8 Å². The van der Waals surface area contributed by atoms with Crippen molar-refractivity contribution in [1.82, 2.24) is 9.21 Å². The SMILES string of the molecule is O=S(=O)(c1cccc(F)c1)N1C[C@@H]2CC[C@H](C1)N(Cc1ccccc1)C2. The van der Waals surface area contributed by atoms with E-state index in [9.17, 15) is 12.8 Å². The molecule has 0 spiro atoms. The summed E-state index contributed by atoms with van der Waals surface area (Å²) in [6.07, 6.45) is 2.05. The van der Waals surface area contributed by atoms with Crippen LogP contribution in [0.1, 0.15) is 18.4 Å². The van der Waals surface area contributed by atoms with Gasteiger partial charge in [0.2, 0.25) is 10.0 Å². The van der Waals surface area contributed by atoms with Gasteiger partial charge in [-0.1, -0.05) is 36.4 Å². The van der Waals surface area contributed by atoms with Gasteiger partial charge >= 0.3 is 0 Å². The molecule has 4 nitrogen and oxygen atoms in total. The topological polar surface area (TPSA) is 40.6 Å². The monoisotopic (exact) mass is 374 g/mol. The van der Waals surface area contributed by atoms with Crippen LogP contribution in [0, 0.1) is 11.7 Å². The van der Waals surface area contributed by atoms with E-state index in [1.165, 1.54) is 23.8 Å². The summed E-state index contributed by atoms with van der Waals surface area (Å²) in [5, 5.41) is 0. The van der Waals surface area contributed by atoms with E-state index in [0.29, 0.717) is 19.0 Å². The van der Waals surface area contributed by atoms with Gasteiger partial charge in [0, 0.05) is 32.2 Å². The highest BCUT2D eigenvalue weighted by molar-refractivity contribution is 7.89. The van der Waals surface area contributed by atoms with Gasteiger partial charge in [0.15, 0.2) is 0 Å². The number of fused-ring (bicyclic) bond motifs is 4. The molecule has 0 unspecified atom stereocenters. The van der Waals surface area contributed by atoms with Crippen molar-refractivity contribution in [2.24, 2.45) is 5.92 Å². The van der Waals surface area contributed by atoms with Crippen LogP contribution in [0.2, 0.25) is 0 Å². The molecule has 0 amide bonds. The molecule has 3 fully saturated rings. The number of benzene rings is 2. The van der Waals surface area contributed by atoms with Crippen molar-refractivity contribution < 1.29 is 12.8 Å². The maximum Gasteiger partial charge on any atom is 0.243 e. The van der Waals surface area contributed by atoms with E-state index in [4.69, 9.17) is 0 Å². The number of nitrogens with zero attached hydrogens (tertiary/aromatic N) is 2. The highest BCUT2D eigenvalue weighted by atomic mass is 32.2. The molecule has 0 aromatic heterocycles. The Morgan fingerprint density at radius 1 is 0.962 bits per heavy atom. The van der Waals surface area contributed by atoms with Crippen LogP contribution < -0.4 is 0 Å².